The van der Waals surface area contributed by atoms with Crippen LogP contribution in [0, 0.1) is 5.92 Å². The van der Waals surface area contributed by atoms with Crippen LogP contribution in [0.5, 0.6) is 5.75 Å². The summed E-state index contributed by atoms with van der Waals surface area (Å²) in [7, 11) is 3.90. The number of amides is 1. The number of likely N-dealkylation sites (N-methyl/N-ethyl adjacent to an activating group) is 1. The molecule has 0 unspecified atom stereocenters. The number of hydrogen-bond acceptors (Lipinski definition) is 3. The zero-order chi connectivity index (χ0) is 16.6. The summed E-state index contributed by atoms with van der Waals surface area (Å²) in [6.07, 6.45) is 1.05. The zero-order valence-electron chi connectivity index (χ0n) is 14.3. The van der Waals surface area contributed by atoms with E-state index in [-0.39, 0.29) is 5.91 Å². The lowest BCUT2D eigenvalue weighted by Crippen LogP contribution is -2.48. The summed E-state index contributed by atoms with van der Waals surface area (Å²) in [4.78, 5) is 16.7. The summed E-state index contributed by atoms with van der Waals surface area (Å²) in [6, 6.07) is 8.96. The third kappa shape index (κ3) is 3.00. The fourth-order valence-corrected chi connectivity index (χ4v) is 4.15. The first-order valence-corrected chi connectivity index (χ1v) is 8.30. The highest BCUT2D eigenvalue weighted by molar-refractivity contribution is 5.92. The molecule has 0 bridgehead atoms. The monoisotopic (exact) mass is 314 g/mol. The van der Waals surface area contributed by atoms with Crippen LogP contribution in [0.25, 0.3) is 0 Å². The van der Waals surface area contributed by atoms with E-state index in [2.05, 4.69) is 30.7 Å². The Balaban J connectivity index is 1.81. The van der Waals surface area contributed by atoms with E-state index in [1.165, 1.54) is 5.56 Å². The SMILES string of the molecule is C=C(C)C(=O)N1CC[C@@H]2[C@H](C1)[C@@H](c1ccc(OC)cc1)CN2C. The Morgan fingerprint density at radius 2 is 1.96 bits per heavy atom. The Bertz CT molecular complexity index is 596. The van der Waals surface area contributed by atoms with Crippen LogP contribution in [-0.2, 0) is 4.79 Å². The highest BCUT2D eigenvalue weighted by Crippen LogP contribution is 2.41. The van der Waals surface area contributed by atoms with Crippen LogP contribution in [-0.4, -0.2) is 55.5 Å². The van der Waals surface area contributed by atoms with Crippen LogP contribution in [0.15, 0.2) is 36.4 Å². The zero-order valence-corrected chi connectivity index (χ0v) is 14.3. The maximum atomic E-state index is 12.3. The number of carbonyl (C=O) groups is 1. The number of rotatable bonds is 3. The van der Waals surface area contributed by atoms with Gasteiger partial charge in [0, 0.05) is 43.1 Å². The molecule has 2 fully saturated rings. The summed E-state index contributed by atoms with van der Waals surface area (Å²) >= 11 is 0. The third-order valence-corrected chi connectivity index (χ3v) is 5.38. The molecular formula is C19H26N2O2. The van der Waals surface area contributed by atoms with E-state index in [0.717, 1.165) is 31.8 Å². The van der Waals surface area contributed by atoms with Crippen molar-refractivity contribution in [3.63, 3.8) is 0 Å². The van der Waals surface area contributed by atoms with E-state index in [1.54, 1.807) is 14.0 Å². The summed E-state index contributed by atoms with van der Waals surface area (Å²) in [6.45, 7) is 8.34. The minimum absolute atomic E-state index is 0.103. The quantitative estimate of drug-likeness (QED) is 0.804. The van der Waals surface area contributed by atoms with Gasteiger partial charge in [-0.1, -0.05) is 18.7 Å². The summed E-state index contributed by atoms with van der Waals surface area (Å²) in [5, 5.41) is 0. The Hall–Kier alpha value is -1.81. The molecule has 2 saturated heterocycles. The summed E-state index contributed by atoms with van der Waals surface area (Å²) in [5.41, 5.74) is 1.98. The van der Waals surface area contributed by atoms with Crippen molar-refractivity contribution in [2.24, 2.45) is 5.92 Å². The molecular weight excluding hydrogens is 288 g/mol. The standard InChI is InChI=1S/C19H26N2O2/c1-13(2)19(22)21-10-9-18-17(12-21)16(11-20(18)3)14-5-7-15(23-4)8-6-14/h5-8,16-18H,1,9-12H2,2-4H3/t16-,17-,18-/m1/s1. The summed E-state index contributed by atoms with van der Waals surface area (Å²) in [5.74, 6) is 1.95. The molecule has 2 aliphatic heterocycles. The van der Waals surface area contributed by atoms with Gasteiger partial charge >= 0.3 is 0 Å². The van der Waals surface area contributed by atoms with Crippen LogP contribution in [0.2, 0.25) is 0 Å². The van der Waals surface area contributed by atoms with Gasteiger partial charge in [0.1, 0.15) is 5.75 Å². The van der Waals surface area contributed by atoms with E-state index < -0.39 is 0 Å². The molecule has 1 amide bonds. The van der Waals surface area contributed by atoms with Crippen molar-refractivity contribution in [2.75, 3.05) is 33.8 Å². The van der Waals surface area contributed by atoms with Gasteiger partial charge in [-0.05, 0) is 38.1 Å². The number of carbonyl (C=O) groups excluding carboxylic acids is 1. The maximum Gasteiger partial charge on any atom is 0.248 e. The Morgan fingerprint density at radius 3 is 2.57 bits per heavy atom. The second-order valence-electron chi connectivity index (χ2n) is 6.87. The molecule has 4 heteroatoms. The molecule has 23 heavy (non-hydrogen) atoms. The normalized spacial score (nSPS) is 27.6. The molecule has 3 atom stereocenters. The number of fused-ring (bicyclic) bond motifs is 1. The van der Waals surface area contributed by atoms with Gasteiger partial charge in [0.05, 0.1) is 7.11 Å². The highest BCUT2D eigenvalue weighted by Gasteiger charge is 2.44. The van der Waals surface area contributed by atoms with Crippen LogP contribution >= 0.6 is 0 Å². The van der Waals surface area contributed by atoms with Crippen molar-refractivity contribution in [3.05, 3.63) is 42.0 Å². The molecule has 0 radical (unpaired) electrons. The van der Waals surface area contributed by atoms with Crippen LogP contribution in [0.3, 0.4) is 0 Å². The minimum atomic E-state index is 0.103. The molecule has 0 aliphatic carbocycles. The van der Waals surface area contributed by atoms with Crippen molar-refractivity contribution in [2.45, 2.75) is 25.3 Å². The van der Waals surface area contributed by atoms with Crippen LogP contribution < -0.4 is 4.74 Å². The topological polar surface area (TPSA) is 32.8 Å². The molecule has 0 spiro atoms. The van der Waals surface area contributed by atoms with Gasteiger partial charge in [0.25, 0.3) is 0 Å². The number of nitrogens with zero attached hydrogens (tertiary/aromatic N) is 2. The average molecular weight is 314 g/mol. The second-order valence-corrected chi connectivity index (χ2v) is 6.87. The van der Waals surface area contributed by atoms with Crippen molar-refractivity contribution >= 4 is 5.91 Å². The molecule has 0 saturated carbocycles. The lowest BCUT2D eigenvalue weighted by molar-refractivity contribution is -0.129. The molecule has 1 aromatic rings. The van der Waals surface area contributed by atoms with E-state index in [0.29, 0.717) is 23.5 Å². The van der Waals surface area contributed by atoms with Crippen molar-refractivity contribution in [3.8, 4) is 5.75 Å². The number of methoxy groups -OCH3 is 1. The lowest BCUT2D eigenvalue weighted by Gasteiger charge is -2.38. The smallest absolute Gasteiger partial charge is 0.248 e. The van der Waals surface area contributed by atoms with E-state index in [9.17, 15) is 4.79 Å². The second kappa shape index (κ2) is 6.36. The van der Waals surface area contributed by atoms with Gasteiger partial charge in [-0.2, -0.15) is 0 Å². The molecule has 0 aromatic heterocycles. The molecule has 3 rings (SSSR count). The highest BCUT2D eigenvalue weighted by atomic mass is 16.5. The first-order valence-electron chi connectivity index (χ1n) is 8.30. The molecule has 0 N–H and O–H groups in total. The Morgan fingerprint density at radius 1 is 1.26 bits per heavy atom. The molecule has 124 valence electrons. The van der Waals surface area contributed by atoms with Crippen molar-refractivity contribution in [1.29, 1.82) is 0 Å². The molecule has 2 aliphatic rings. The third-order valence-electron chi connectivity index (χ3n) is 5.38. The summed E-state index contributed by atoms with van der Waals surface area (Å²) < 4.78 is 5.26. The predicted molar refractivity (Wildman–Crippen MR) is 91.7 cm³/mol. The molecule has 4 nitrogen and oxygen atoms in total. The first kappa shape index (κ1) is 16.1. The number of ether oxygens (including phenoxy) is 1. The van der Waals surface area contributed by atoms with Gasteiger partial charge < -0.3 is 14.5 Å². The Kier molecular flexibility index (Phi) is 4.44. The average Bonchev–Trinajstić information content (AvgIpc) is 2.90. The lowest BCUT2D eigenvalue weighted by atomic mass is 9.81. The van der Waals surface area contributed by atoms with E-state index in [1.807, 2.05) is 17.0 Å². The Labute approximate surface area is 138 Å². The molecule has 1 aromatic carbocycles. The van der Waals surface area contributed by atoms with Gasteiger partial charge in [-0.15, -0.1) is 0 Å². The van der Waals surface area contributed by atoms with E-state index in [4.69, 9.17) is 4.74 Å². The van der Waals surface area contributed by atoms with E-state index >= 15 is 0 Å². The van der Waals surface area contributed by atoms with Gasteiger partial charge in [0.2, 0.25) is 5.91 Å². The minimum Gasteiger partial charge on any atom is -0.497 e. The largest absolute Gasteiger partial charge is 0.497 e. The van der Waals surface area contributed by atoms with Crippen molar-refractivity contribution < 1.29 is 9.53 Å². The van der Waals surface area contributed by atoms with Crippen LogP contribution in [0.4, 0.5) is 0 Å². The van der Waals surface area contributed by atoms with Gasteiger partial charge in [-0.25, -0.2) is 0 Å². The number of piperidine rings is 1. The van der Waals surface area contributed by atoms with Gasteiger partial charge in [0.15, 0.2) is 0 Å². The fourth-order valence-electron chi connectivity index (χ4n) is 4.15. The maximum absolute atomic E-state index is 12.3. The number of likely N-dealkylation sites (tertiary alicyclic amines) is 2. The number of benzene rings is 1. The van der Waals surface area contributed by atoms with Crippen LogP contribution in [0.1, 0.15) is 24.8 Å². The van der Waals surface area contributed by atoms with Crippen molar-refractivity contribution in [1.82, 2.24) is 9.80 Å². The first-order chi connectivity index (χ1) is 11.0. The van der Waals surface area contributed by atoms with Gasteiger partial charge in [-0.3, -0.25) is 4.79 Å². The fraction of sp³-hybridized carbons (Fsp3) is 0.526. The molecule has 2 heterocycles. The number of hydrogen-bond donors (Lipinski definition) is 0. The predicted octanol–water partition coefficient (Wildman–Crippen LogP) is 2.52.